The summed E-state index contributed by atoms with van der Waals surface area (Å²) in [4.78, 5) is 30.1. The molecular formula is C22H24N4O4S. The molecule has 31 heavy (non-hydrogen) atoms. The van der Waals surface area contributed by atoms with E-state index in [1.807, 2.05) is 0 Å². The molecule has 1 aromatic heterocycles. The van der Waals surface area contributed by atoms with Gasteiger partial charge in [0.05, 0.1) is 15.8 Å². The van der Waals surface area contributed by atoms with Crippen molar-refractivity contribution in [2.24, 2.45) is 5.14 Å². The zero-order valence-electron chi connectivity index (χ0n) is 17.0. The molecule has 0 saturated carbocycles. The number of amides is 1. The number of aryl methyl sites for hydroxylation is 1. The van der Waals surface area contributed by atoms with Gasteiger partial charge in [0, 0.05) is 25.1 Å². The van der Waals surface area contributed by atoms with Gasteiger partial charge in [-0.05, 0) is 55.2 Å². The van der Waals surface area contributed by atoms with E-state index in [0.717, 1.165) is 37.1 Å². The summed E-state index contributed by atoms with van der Waals surface area (Å²) in [5.41, 5.74) is 1.83. The summed E-state index contributed by atoms with van der Waals surface area (Å²) < 4.78 is 24.4. The molecule has 0 bridgehead atoms. The Hall–Kier alpha value is -3.04. The zero-order valence-corrected chi connectivity index (χ0v) is 17.8. The van der Waals surface area contributed by atoms with Crippen LogP contribution in [-0.2, 0) is 29.4 Å². The highest BCUT2D eigenvalue weighted by Crippen LogP contribution is 2.16. The molecule has 162 valence electrons. The number of nitrogens with two attached hydrogens (primary N) is 1. The maximum atomic E-state index is 12.8. The lowest BCUT2D eigenvalue weighted by Gasteiger charge is -2.11. The van der Waals surface area contributed by atoms with Gasteiger partial charge in [-0.3, -0.25) is 14.2 Å². The number of nitrogens with zero attached hydrogens (tertiary/aromatic N) is 2. The van der Waals surface area contributed by atoms with Gasteiger partial charge in [0.15, 0.2) is 0 Å². The Morgan fingerprint density at radius 1 is 1.10 bits per heavy atom. The molecule has 0 saturated heterocycles. The van der Waals surface area contributed by atoms with Gasteiger partial charge < -0.3 is 5.32 Å². The molecule has 0 fully saturated rings. The Labute approximate surface area is 180 Å². The highest BCUT2D eigenvalue weighted by atomic mass is 32.2. The first-order valence-electron chi connectivity index (χ1n) is 10.3. The molecule has 2 heterocycles. The van der Waals surface area contributed by atoms with Gasteiger partial charge in [-0.15, -0.1) is 0 Å². The smallest absolute Gasteiger partial charge is 0.261 e. The van der Waals surface area contributed by atoms with Crippen LogP contribution in [0, 0.1) is 0 Å². The number of primary sulfonamides is 1. The fourth-order valence-corrected chi connectivity index (χ4v) is 4.34. The van der Waals surface area contributed by atoms with Gasteiger partial charge in [-0.2, -0.15) is 0 Å². The highest BCUT2D eigenvalue weighted by molar-refractivity contribution is 7.89. The monoisotopic (exact) mass is 440 g/mol. The normalized spacial score (nSPS) is 14.1. The lowest BCUT2D eigenvalue weighted by atomic mass is 10.1. The molecule has 0 radical (unpaired) electrons. The van der Waals surface area contributed by atoms with Crippen molar-refractivity contribution in [3.63, 3.8) is 0 Å². The van der Waals surface area contributed by atoms with Crippen LogP contribution in [0.4, 0.5) is 0 Å². The summed E-state index contributed by atoms with van der Waals surface area (Å²) in [7, 11) is -3.72. The van der Waals surface area contributed by atoms with Crippen LogP contribution >= 0.6 is 0 Å². The third-order valence-corrected chi connectivity index (χ3v) is 6.46. The minimum absolute atomic E-state index is 0.0446. The lowest BCUT2D eigenvalue weighted by molar-refractivity contribution is 0.0954. The minimum Gasteiger partial charge on any atom is -0.352 e. The third kappa shape index (κ3) is 4.67. The zero-order chi connectivity index (χ0) is 22.0. The topological polar surface area (TPSA) is 124 Å². The Balaban J connectivity index is 1.46. The number of benzene rings is 2. The average Bonchev–Trinajstić information content (AvgIpc) is 2.99. The predicted molar refractivity (Wildman–Crippen MR) is 117 cm³/mol. The largest absolute Gasteiger partial charge is 0.352 e. The molecule has 3 aromatic rings. The van der Waals surface area contributed by atoms with Gasteiger partial charge in [-0.25, -0.2) is 18.5 Å². The van der Waals surface area contributed by atoms with Crippen molar-refractivity contribution in [2.75, 3.05) is 6.54 Å². The molecule has 8 nitrogen and oxygen atoms in total. The number of sulfonamides is 1. The summed E-state index contributed by atoms with van der Waals surface area (Å²) in [6.07, 6.45) is 4.38. The Kier molecular flexibility index (Phi) is 5.88. The van der Waals surface area contributed by atoms with E-state index in [1.165, 1.54) is 12.1 Å². The summed E-state index contributed by atoms with van der Waals surface area (Å²) in [5.74, 6) is 0.537. The third-order valence-electron chi connectivity index (χ3n) is 5.53. The SMILES string of the molecule is NS(=O)(=O)c1ccc(CCNC(=O)c2ccc3c(=O)n4c(nc3c2)CCCCC4)cc1. The van der Waals surface area contributed by atoms with Crippen LogP contribution < -0.4 is 16.0 Å². The molecule has 1 aliphatic rings. The van der Waals surface area contributed by atoms with Crippen molar-refractivity contribution in [3.05, 3.63) is 69.8 Å². The number of fused-ring (bicyclic) bond motifs is 2. The Morgan fingerprint density at radius 2 is 1.87 bits per heavy atom. The van der Waals surface area contributed by atoms with Crippen LogP contribution in [0.15, 0.2) is 52.2 Å². The minimum atomic E-state index is -3.72. The fraction of sp³-hybridized carbons (Fsp3) is 0.318. The Bertz CT molecular complexity index is 1300. The summed E-state index contributed by atoms with van der Waals surface area (Å²) in [6, 6.07) is 11.2. The van der Waals surface area contributed by atoms with Crippen LogP contribution in [0.25, 0.3) is 10.9 Å². The molecule has 0 spiro atoms. The van der Waals surface area contributed by atoms with E-state index in [1.54, 1.807) is 34.9 Å². The van der Waals surface area contributed by atoms with Crippen molar-refractivity contribution in [2.45, 2.75) is 43.5 Å². The van der Waals surface area contributed by atoms with E-state index >= 15 is 0 Å². The van der Waals surface area contributed by atoms with E-state index in [-0.39, 0.29) is 16.4 Å². The molecule has 2 aromatic carbocycles. The molecule has 1 aliphatic heterocycles. The van der Waals surface area contributed by atoms with Crippen LogP contribution in [0.2, 0.25) is 0 Å². The maximum Gasteiger partial charge on any atom is 0.261 e. The quantitative estimate of drug-likeness (QED) is 0.625. The van der Waals surface area contributed by atoms with Crippen molar-refractivity contribution in [1.29, 1.82) is 0 Å². The molecular weight excluding hydrogens is 416 g/mol. The van der Waals surface area contributed by atoms with E-state index in [9.17, 15) is 18.0 Å². The van der Waals surface area contributed by atoms with Crippen molar-refractivity contribution in [1.82, 2.24) is 14.9 Å². The highest BCUT2D eigenvalue weighted by Gasteiger charge is 2.15. The fourth-order valence-electron chi connectivity index (χ4n) is 3.83. The lowest BCUT2D eigenvalue weighted by Crippen LogP contribution is -2.27. The van der Waals surface area contributed by atoms with Gasteiger partial charge in [0.1, 0.15) is 5.82 Å². The van der Waals surface area contributed by atoms with E-state index in [2.05, 4.69) is 10.3 Å². The molecule has 0 aliphatic carbocycles. The molecule has 1 amide bonds. The van der Waals surface area contributed by atoms with Crippen molar-refractivity contribution >= 4 is 26.8 Å². The van der Waals surface area contributed by atoms with E-state index < -0.39 is 10.0 Å². The molecule has 4 rings (SSSR count). The van der Waals surface area contributed by atoms with Crippen LogP contribution in [0.3, 0.4) is 0 Å². The van der Waals surface area contributed by atoms with Crippen LogP contribution in [0.1, 0.15) is 41.0 Å². The van der Waals surface area contributed by atoms with Crippen LogP contribution in [-0.4, -0.2) is 30.4 Å². The van der Waals surface area contributed by atoms with E-state index in [0.29, 0.717) is 36.0 Å². The second-order valence-electron chi connectivity index (χ2n) is 7.72. The summed E-state index contributed by atoms with van der Waals surface area (Å²) >= 11 is 0. The Morgan fingerprint density at radius 3 is 2.61 bits per heavy atom. The standard InChI is InChI=1S/C22H24N4O4S/c23-31(29,30)17-8-5-15(6-9-17)11-12-24-21(27)16-7-10-18-19(14-16)25-20-4-2-1-3-13-26(20)22(18)28/h5-10,14H,1-4,11-13H2,(H,24,27)(H2,23,29,30). The maximum absolute atomic E-state index is 12.8. The van der Waals surface area contributed by atoms with Crippen LogP contribution in [0.5, 0.6) is 0 Å². The van der Waals surface area contributed by atoms with E-state index in [4.69, 9.17) is 5.14 Å². The van der Waals surface area contributed by atoms with Gasteiger partial charge >= 0.3 is 0 Å². The second-order valence-corrected chi connectivity index (χ2v) is 9.28. The number of nitrogens with one attached hydrogen (secondary N) is 1. The summed E-state index contributed by atoms with van der Waals surface area (Å²) in [5, 5.41) is 8.47. The average molecular weight is 441 g/mol. The van der Waals surface area contributed by atoms with Crippen molar-refractivity contribution < 1.29 is 13.2 Å². The number of rotatable bonds is 5. The number of hydrogen-bond donors (Lipinski definition) is 2. The molecule has 3 N–H and O–H groups in total. The second kappa shape index (κ2) is 8.60. The molecule has 9 heteroatoms. The first-order chi connectivity index (χ1) is 14.8. The van der Waals surface area contributed by atoms with Crippen molar-refractivity contribution in [3.8, 4) is 0 Å². The van der Waals surface area contributed by atoms with Gasteiger partial charge in [0.2, 0.25) is 10.0 Å². The van der Waals surface area contributed by atoms with Gasteiger partial charge in [-0.1, -0.05) is 18.6 Å². The molecule has 0 unspecified atom stereocenters. The number of aromatic nitrogens is 2. The first kappa shape index (κ1) is 21.2. The van der Waals surface area contributed by atoms with Gasteiger partial charge in [0.25, 0.3) is 11.5 Å². The number of carbonyl (C=O) groups is 1. The number of carbonyl (C=O) groups excluding carboxylic acids is 1. The summed E-state index contributed by atoms with van der Waals surface area (Å²) in [6.45, 7) is 1.07. The molecule has 0 atom stereocenters. The first-order valence-corrected chi connectivity index (χ1v) is 11.8. The number of hydrogen-bond acceptors (Lipinski definition) is 5. The predicted octanol–water partition coefficient (Wildman–Crippen LogP) is 1.74.